The molecule has 0 bridgehead atoms. The minimum atomic E-state index is 0.819. The molecule has 10 rings (SSSR count). The Morgan fingerprint density at radius 1 is 0.500 bits per heavy atom. The summed E-state index contributed by atoms with van der Waals surface area (Å²) in [6.07, 6.45) is 1.89. The van der Waals surface area contributed by atoms with Crippen LogP contribution in [0.1, 0.15) is 0 Å². The van der Waals surface area contributed by atoms with Crippen LogP contribution in [0, 0.1) is 0 Å². The highest BCUT2D eigenvalue weighted by atomic mass is 16.3. The van der Waals surface area contributed by atoms with Crippen LogP contribution in [0.2, 0.25) is 0 Å². The van der Waals surface area contributed by atoms with Crippen molar-refractivity contribution in [2.75, 3.05) is 0 Å². The minimum Gasteiger partial charge on any atom is -0.454 e. The lowest BCUT2D eigenvalue weighted by molar-refractivity contribution is 0.671. The van der Waals surface area contributed by atoms with Crippen LogP contribution in [0.4, 0.5) is 0 Å². The zero-order valence-corrected chi connectivity index (χ0v) is 24.7. The quantitative estimate of drug-likeness (QED) is 0.207. The van der Waals surface area contributed by atoms with Gasteiger partial charge in [-0.3, -0.25) is 9.55 Å². The maximum absolute atomic E-state index is 6.80. The third-order valence-electron chi connectivity index (χ3n) is 9.23. The van der Waals surface area contributed by atoms with E-state index in [2.05, 4.69) is 132 Å². The Morgan fingerprint density at radius 3 is 1.87 bits per heavy atom. The summed E-state index contributed by atoms with van der Waals surface area (Å²) in [4.78, 5) is 10.4. The van der Waals surface area contributed by atoms with Gasteiger partial charge >= 0.3 is 0 Å². The number of nitrogens with zero attached hydrogens (tertiary/aromatic N) is 3. The van der Waals surface area contributed by atoms with Crippen molar-refractivity contribution < 1.29 is 4.42 Å². The summed E-state index contributed by atoms with van der Waals surface area (Å²) in [6.45, 7) is 0. The van der Waals surface area contributed by atoms with Crippen LogP contribution < -0.4 is 0 Å². The molecule has 0 atom stereocenters. The Hall–Kier alpha value is -6.26. The van der Waals surface area contributed by atoms with Gasteiger partial charge in [0.2, 0.25) is 0 Å². The SMILES string of the molecule is c1ccc(-c2cc(-n3c4ccccc4c4c5ccccc5c5c6ccccc6oc5c43)nc3c(-c4ccccc4)ccnc23)cc1. The van der Waals surface area contributed by atoms with Crippen molar-refractivity contribution in [2.45, 2.75) is 0 Å². The number of pyridine rings is 2. The fraction of sp³-hybridized carbons (Fsp3) is 0. The predicted molar refractivity (Wildman–Crippen MR) is 190 cm³/mol. The summed E-state index contributed by atoms with van der Waals surface area (Å²) in [5, 5.41) is 6.94. The van der Waals surface area contributed by atoms with Gasteiger partial charge in [-0.2, -0.15) is 0 Å². The number of hydrogen-bond acceptors (Lipinski definition) is 3. The van der Waals surface area contributed by atoms with E-state index in [1.165, 1.54) is 10.8 Å². The summed E-state index contributed by atoms with van der Waals surface area (Å²) in [6, 6.07) is 50.8. The lowest BCUT2D eigenvalue weighted by Crippen LogP contribution is -2.01. The zero-order chi connectivity index (χ0) is 30.2. The Bertz CT molecular complexity index is 2790. The van der Waals surface area contributed by atoms with Crippen LogP contribution in [0.25, 0.3) is 93.6 Å². The Labute approximate surface area is 263 Å². The second-order valence-electron chi connectivity index (χ2n) is 11.7. The minimum absolute atomic E-state index is 0.819. The number of fused-ring (bicyclic) bond motifs is 11. The molecule has 0 aliphatic heterocycles. The zero-order valence-electron chi connectivity index (χ0n) is 24.7. The standard InChI is InChI=1S/C42H25N3O/c1-3-13-26(14-4-1)28-23-24-43-39-33(27-15-5-2-6-16-27)25-36(44-40(28)39)45-34-21-11-9-19-31(34)37-29-17-7-8-18-30(29)38-32-20-10-12-22-35(32)46-42(38)41(37)45/h1-25H. The van der Waals surface area contributed by atoms with E-state index < -0.39 is 0 Å². The average molecular weight is 588 g/mol. The van der Waals surface area contributed by atoms with E-state index in [0.717, 1.165) is 82.8 Å². The van der Waals surface area contributed by atoms with E-state index in [0.29, 0.717) is 0 Å². The first-order valence-corrected chi connectivity index (χ1v) is 15.5. The fourth-order valence-corrected chi connectivity index (χ4v) is 7.28. The molecule has 0 radical (unpaired) electrons. The van der Waals surface area contributed by atoms with Crippen molar-refractivity contribution in [3.63, 3.8) is 0 Å². The van der Waals surface area contributed by atoms with E-state index in [-0.39, 0.29) is 0 Å². The molecule has 0 saturated carbocycles. The predicted octanol–water partition coefficient (Wildman–Crippen LogP) is 11.1. The molecule has 10 aromatic rings. The second-order valence-corrected chi connectivity index (χ2v) is 11.7. The highest BCUT2D eigenvalue weighted by Gasteiger charge is 2.24. The fourth-order valence-electron chi connectivity index (χ4n) is 7.28. The van der Waals surface area contributed by atoms with Gasteiger partial charge in [0.25, 0.3) is 0 Å². The molecule has 0 spiro atoms. The molecule has 4 aromatic heterocycles. The third kappa shape index (κ3) is 3.49. The molecule has 4 nitrogen and oxygen atoms in total. The molecule has 0 saturated heterocycles. The third-order valence-corrected chi connectivity index (χ3v) is 9.23. The number of aromatic nitrogens is 3. The van der Waals surface area contributed by atoms with E-state index in [1.807, 2.05) is 24.4 Å². The van der Waals surface area contributed by atoms with Gasteiger partial charge in [0, 0.05) is 38.9 Å². The van der Waals surface area contributed by atoms with Gasteiger partial charge < -0.3 is 4.42 Å². The molecular formula is C42H25N3O. The van der Waals surface area contributed by atoms with Crippen LogP contribution in [0.3, 0.4) is 0 Å². The molecule has 46 heavy (non-hydrogen) atoms. The molecular weight excluding hydrogens is 562 g/mol. The first kappa shape index (κ1) is 25.1. The van der Waals surface area contributed by atoms with Gasteiger partial charge in [-0.05, 0) is 46.2 Å². The van der Waals surface area contributed by atoms with Gasteiger partial charge in [0.05, 0.1) is 22.1 Å². The highest BCUT2D eigenvalue weighted by Crippen LogP contribution is 2.46. The van der Waals surface area contributed by atoms with Crippen LogP contribution in [0.15, 0.2) is 156 Å². The van der Waals surface area contributed by atoms with Crippen molar-refractivity contribution >= 4 is 65.6 Å². The van der Waals surface area contributed by atoms with Gasteiger partial charge in [-0.25, -0.2) is 4.98 Å². The van der Waals surface area contributed by atoms with Crippen LogP contribution in [-0.2, 0) is 0 Å². The molecule has 0 fully saturated rings. The number of hydrogen-bond donors (Lipinski definition) is 0. The van der Waals surface area contributed by atoms with Gasteiger partial charge in [0.15, 0.2) is 5.58 Å². The highest BCUT2D eigenvalue weighted by molar-refractivity contribution is 6.35. The summed E-state index contributed by atoms with van der Waals surface area (Å²) in [5.74, 6) is 0.819. The normalized spacial score (nSPS) is 11.9. The number of rotatable bonds is 3. The Kier molecular flexibility index (Phi) is 5.25. The average Bonchev–Trinajstić information content (AvgIpc) is 3.69. The van der Waals surface area contributed by atoms with Gasteiger partial charge in [-0.1, -0.05) is 121 Å². The smallest absolute Gasteiger partial charge is 0.160 e. The molecule has 0 amide bonds. The van der Waals surface area contributed by atoms with Crippen molar-refractivity contribution in [3.05, 3.63) is 152 Å². The second kappa shape index (κ2) is 9.62. The maximum atomic E-state index is 6.80. The monoisotopic (exact) mass is 587 g/mol. The molecule has 214 valence electrons. The van der Waals surface area contributed by atoms with Crippen LogP contribution in [-0.4, -0.2) is 14.5 Å². The first-order valence-electron chi connectivity index (χ1n) is 15.5. The molecule has 4 heterocycles. The topological polar surface area (TPSA) is 43.9 Å². The molecule has 0 aliphatic carbocycles. The van der Waals surface area contributed by atoms with Crippen molar-refractivity contribution in [1.82, 2.24) is 14.5 Å². The number of para-hydroxylation sites is 2. The van der Waals surface area contributed by atoms with E-state index in [1.54, 1.807) is 0 Å². The largest absolute Gasteiger partial charge is 0.454 e. The molecule has 4 heteroatoms. The molecule has 0 unspecified atom stereocenters. The number of benzene rings is 6. The van der Waals surface area contributed by atoms with Crippen molar-refractivity contribution in [3.8, 4) is 28.1 Å². The lowest BCUT2D eigenvalue weighted by Gasteiger charge is -2.15. The van der Waals surface area contributed by atoms with Crippen molar-refractivity contribution in [1.29, 1.82) is 0 Å². The van der Waals surface area contributed by atoms with Crippen LogP contribution in [0.5, 0.6) is 0 Å². The Balaban J connectivity index is 1.44. The molecule has 0 N–H and O–H groups in total. The molecule has 0 aliphatic rings. The van der Waals surface area contributed by atoms with E-state index >= 15 is 0 Å². The Morgan fingerprint density at radius 2 is 1.11 bits per heavy atom. The van der Waals surface area contributed by atoms with E-state index in [9.17, 15) is 0 Å². The van der Waals surface area contributed by atoms with E-state index in [4.69, 9.17) is 14.4 Å². The van der Waals surface area contributed by atoms with Crippen LogP contribution >= 0.6 is 0 Å². The lowest BCUT2D eigenvalue weighted by atomic mass is 9.98. The maximum Gasteiger partial charge on any atom is 0.160 e. The first-order chi connectivity index (χ1) is 22.8. The van der Waals surface area contributed by atoms with Crippen molar-refractivity contribution in [2.24, 2.45) is 0 Å². The summed E-state index contributed by atoms with van der Waals surface area (Å²) in [7, 11) is 0. The van der Waals surface area contributed by atoms with Gasteiger partial charge in [0.1, 0.15) is 11.4 Å². The summed E-state index contributed by atoms with van der Waals surface area (Å²) < 4.78 is 9.10. The summed E-state index contributed by atoms with van der Waals surface area (Å²) in [5.41, 5.74) is 9.83. The molecule has 6 aromatic carbocycles. The van der Waals surface area contributed by atoms with Gasteiger partial charge in [-0.15, -0.1) is 0 Å². The summed E-state index contributed by atoms with van der Waals surface area (Å²) >= 11 is 0. The number of furan rings is 1.